The SMILES string of the molecule is COc1cccc(S(=O)(=O)Nc2ccc(C3(C(=O)NC4CCCCCC4)CC3)cc2)c1. The Kier molecular flexibility index (Phi) is 6.23. The normalized spacial score (nSPS) is 18.6. The van der Waals surface area contributed by atoms with E-state index in [2.05, 4.69) is 10.0 Å². The second-order valence-corrected chi connectivity index (χ2v) is 10.3. The van der Waals surface area contributed by atoms with E-state index in [9.17, 15) is 13.2 Å². The highest BCUT2D eigenvalue weighted by molar-refractivity contribution is 7.92. The highest BCUT2D eigenvalue weighted by atomic mass is 32.2. The molecule has 0 aromatic heterocycles. The molecule has 166 valence electrons. The van der Waals surface area contributed by atoms with Gasteiger partial charge in [-0.1, -0.05) is 43.9 Å². The third-order valence-corrected chi connectivity index (χ3v) is 7.80. The molecule has 2 fully saturated rings. The number of hydrogen-bond donors (Lipinski definition) is 2. The Morgan fingerprint density at radius 3 is 2.29 bits per heavy atom. The van der Waals surface area contributed by atoms with Gasteiger partial charge in [0, 0.05) is 17.8 Å². The Bertz CT molecular complexity index is 1020. The summed E-state index contributed by atoms with van der Waals surface area (Å²) in [6, 6.07) is 13.8. The standard InChI is InChI=1S/C24H30N2O4S/c1-30-21-9-6-10-22(17-21)31(28,29)26-20-13-11-18(12-14-20)24(15-16-24)23(27)25-19-7-4-2-3-5-8-19/h6,9-14,17,19,26H,2-5,7-8,15-16H2,1H3,(H,25,27). The molecular weight excluding hydrogens is 412 g/mol. The van der Waals surface area contributed by atoms with Gasteiger partial charge >= 0.3 is 0 Å². The van der Waals surface area contributed by atoms with Gasteiger partial charge in [0.05, 0.1) is 17.4 Å². The van der Waals surface area contributed by atoms with Gasteiger partial charge in [-0.25, -0.2) is 8.42 Å². The van der Waals surface area contributed by atoms with Crippen molar-refractivity contribution in [2.24, 2.45) is 0 Å². The van der Waals surface area contributed by atoms with Crippen LogP contribution < -0.4 is 14.8 Å². The van der Waals surface area contributed by atoms with Gasteiger partial charge in [0.15, 0.2) is 0 Å². The predicted octanol–water partition coefficient (Wildman–Crippen LogP) is 4.37. The van der Waals surface area contributed by atoms with Crippen LogP contribution in [0.25, 0.3) is 0 Å². The minimum Gasteiger partial charge on any atom is -0.497 e. The van der Waals surface area contributed by atoms with Crippen LogP contribution in [-0.4, -0.2) is 27.5 Å². The number of hydrogen-bond acceptors (Lipinski definition) is 4. The maximum atomic E-state index is 13.0. The molecular formula is C24H30N2O4S. The Morgan fingerprint density at radius 1 is 1.00 bits per heavy atom. The molecule has 31 heavy (non-hydrogen) atoms. The molecule has 0 heterocycles. The van der Waals surface area contributed by atoms with Gasteiger partial charge in [-0.3, -0.25) is 9.52 Å². The van der Waals surface area contributed by atoms with Gasteiger partial charge in [-0.2, -0.15) is 0 Å². The lowest BCUT2D eigenvalue weighted by Gasteiger charge is -2.22. The largest absolute Gasteiger partial charge is 0.497 e. The molecule has 1 amide bonds. The fourth-order valence-corrected chi connectivity index (χ4v) is 5.45. The van der Waals surface area contributed by atoms with Crippen LogP contribution in [0.4, 0.5) is 5.69 Å². The third kappa shape index (κ3) is 4.87. The maximum Gasteiger partial charge on any atom is 0.262 e. The van der Waals surface area contributed by atoms with Gasteiger partial charge < -0.3 is 10.1 Å². The fraction of sp³-hybridized carbons (Fsp3) is 0.458. The molecule has 0 saturated heterocycles. The number of ether oxygens (including phenoxy) is 1. The van der Waals surface area contributed by atoms with E-state index in [1.165, 1.54) is 44.9 Å². The first kappa shape index (κ1) is 21.7. The van der Waals surface area contributed by atoms with E-state index in [4.69, 9.17) is 4.74 Å². The molecule has 2 N–H and O–H groups in total. The molecule has 2 aromatic rings. The summed E-state index contributed by atoms with van der Waals surface area (Å²) in [6.07, 6.45) is 8.66. The van der Waals surface area contributed by atoms with Crippen LogP contribution >= 0.6 is 0 Å². The average molecular weight is 443 g/mol. The van der Waals surface area contributed by atoms with Crippen molar-refractivity contribution in [1.29, 1.82) is 0 Å². The van der Waals surface area contributed by atoms with E-state index in [0.717, 1.165) is 31.2 Å². The lowest BCUT2D eigenvalue weighted by atomic mass is 9.94. The van der Waals surface area contributed by atoms with Crippen molar-refractivity contribution in [3.63, 3.8) is 0 Å². The number of sulfonamides is 1. The second-order valence-electron chi connectivity index (χ2n) is 8.61. The number of anilines is 1. The van der Waals surface area contributed by atoms with E-state index in [0.29, 0.717) is 11.4 Å². The Morgan fingerprint density at radius 2 is 1.68 bits per heavy atom. The number of nitrogens with one attached hydrogen (secondary N) is 2. The Labute approximate surface area is 184 Å². The Balaban J connectivity index is 1.44. The molecule has 0 radical (unpaired) electrons. The molecule has 2 aromatic carbocycles. The van der Waals surface area contributed by atoms with Crippen LogP contribution in [0.5, 0.6) is 5.75 Å². The molecule has 0 spiro atoms. The van der Waals surface area contributed by atoms with Crippen LogP contribution in [0.1, 0.15) is 56.9 Å². The lowest BCUT2D eigenvalue weighted by Crippen LogP contribution is -2.41. The van der Waals surface area contributed by atoms with Crippen molar-refractivity contribution in [3.05, 3.63) is 54.1 Å². The van der Waals surface area contributed by atoms with Gasteiger partial charge in [0.1, 0.15) is 5.75 Å². The second kappa shape index (κ2) is 8.91. The summed E-state index contributed by atoms with van der Waals surface area (Å²) in [6.45, 7) is 0. The van der Waals surface area contributed by atoms with Gasteiger partial charge in [0.25, 0.3) is 10.0 Å². The van der Waals surface area contributed by atoms with Gasteiger partial charge in [-0.15, -0.1) is 0 Å². The summed E-state index contributed by atoms with van der Waals surface area (Å²) in [4.78, 5) is 13.2. The third-order valence-electron chi connectivity index (χ3n) is 6.42. The zero-order chi connectivity index (χ0) is 21.9. The molecule has 0 atom stereocenters. The smallest absolute Gasteiger partial charge is 0.262 e. The van der Waals surface area contributed by atoms with E-state index >= 15 is 0 Å². The lowest BCUT2D eigenvalue weighted by molar-refractivity contribution is -0.124. The number of benzene rings is 2. The number of rotatable bonds is 7. The topological polar surface area (TPSA) is 84.5 Å². The van der Waals surface area contributed by atoms with Crippen molar-refractivity contribution < 1.29 is 17.9 Å². The summed E-state index contributed by atoms with van der Waals surface area (Å²) >= 11 is 0. The molecule has 2 saturated carbocycles. The molecule has 0 unspecified atom stereocenters. The Hall–Kier alpha value is -2.54. The minimum atomic E-state index is -3.73. The highest BCUT2D eigenvalue weighted by Gasteiger charge is 2.51. The van der Waals surface area contributed by atoms with Gasteiger partial charge in [-0.05, 0) is 55.5 Å². The summed E-state index contributed by atoms with van der Waals surface area (Å²) in [5.41, 5.74) is 0.950. The quantitative estimate of drug-likeness (QED) is 0.624. The molecule has 0 bridgehead atoms. The van der Waals surface area contributed by atoms with Crippen molar-refractivity contribution in [2.75, 3.05) is 11.8 Å². The first-order chi connectivity index (χ1) is 14.9. The molecule has 7 heteroatoms. The minimum absolute atomic E-state index is 0.115. The van der Waals surface area contributed by atoms with E-state index in [-0.39, 0.29) is 16.8 Å². The van der Waals surface area contributed by atoms with Crippen LogP contribution in [-0.2, 0) is 20.2 Å². The summed E-state index contributed by atoms with van der Waals surface area (Å²) in [7, 11) is -2.23. The number of carbonyl (C=O) groups excluding carboxylic acids is 1. The summed E-state index contributed by atoms with van der Waals surface area (Å²) in [5, 5.41) is 3.28. The predicted molar refractivity (Wildman–Crippen MR) is 121 cm³/mol. The molecule has 2 aliphatic rings. The average Bonchev–Trinajstić information content (AvgIpc) is 3.60. The number of methoxy groups -OCH3 is 1. The van der Waals surface area contributed by atoms with Crippen LogP contribution in [0.3, 0.4) is 0 Å². The van der Waals surface area contributed by atoms with Crippen LogP contribution in [0.15, 0.2) is 53.4 Å². The molecule has 0 aliphatic heterocycles. The first-order valence-corrected chi connectivity index (χ1v) is 12.5. The molecule has 4 rings (SSSR count). The van der Waals surface area contributed by atoms with Crippen LogP contribution in [0, 0.1) is 0 Å². The highest BCUT2D eigenvalue weighted by Crippen LogP contribution is 2.48. The van der Waals surface area contributed by atoms with E-state index in [1.807, 2.05) is 12.1 Å². The summed E-state index contributed by atoms with van der Waals surface area (Å²) in [5.74, 6) is 0.595. The first-order valence-electron chi connectivity index (χ1n) is 11.0. The van der Waals surface area contributed by atoms with Crippen LogP contribution in [0.2, 0.25) is 0 Å². The van der Waals surface area contributed by atoms with Crippen molar-refractivity contribution >= 4 is 21.6 Å². The maximum absolute atomic E-state index is 13.0. The molecule has 2 aliphatic carbocycles. The van der Waals surface area contributed by atoms with E-state index < -0.39 is 15.4 Å². The number of carbonyl (C=O) groups is 1. The summed E-state index contributed by atoms with van der Waals surface area (Å²) < 4.78 is 33.1. The van der Waals surface area contributed by atoms with Crippen molar-refractivity contribution in [3.8, 4) is 5.75 Å². The monoisotopic (exact) mass is 442 g/mol. The van der Waals surface area contributed by atoms with Crippen molar-refractivity contribution in [2.45, 2.75) is 67.7 Å². The fourth-order valence-electron chi connectivity index (χ4n) is 4.36. The number of amides is 1. The zero-order valence-electron chi connectivity index (χ0n) is 17.9. The van der Waals surface area contributed by atoms with Crippen molar-refractivity contribution in [1.82, 2.24) is 5.32 Å². The molecule has 6 nitrogen and oxygen atoms in total. The van der Waals surface area contributed by atoms with Gasteiger partial charge in [0.2, 0.25) is 5.91 Å². The zero-order valence-corrected chi connectivity index (χ0v) is 18.7. The van der Waals surface area contributed by atoms with E-state index in [1.54, 1.807) is 24.3 Å².